The summed E-state index contributed by atoms with van der Waals surface area (Å²) < 4.78 is 13.1. The van der Waals surface area contributed by atoms with E-state index in [9.17, 15) is 9.18 Å². The summed E-state index contributed by atoms with van der Waals surface area (Å²) in [6, 6.07) is 13.8. The molecule has 4 heteroatoms. The monoisotopic (exact) mass is 292 g/mol. The van der Waals surface area contributed by atoms with Gasteiger partial charge in [-0.15, -0.1) is 0 Å². The van der Waals surface area contributed by atoms with Crippen molar-refractivity contribution in [1.82, 2.24) is 4.98 Å². The van der Waals surface area contributed by atoms with Crippen LogP contribution in [0.5, 0.6) is 0 Å². The Morgan fingerprint density at radius 3 is 2.59 bits per heavy atom. The number of hydrogen-bond acceptors (Lipinski definition) is 2. The summed E-state index contributed by atoms with van der Waals surface area (Å²) >= 11 is 0. The SMILES string of the molecule is Cc1c2c(nc3ccccc13)CN(c1ccc(F)cc1)C2=O. The maximum atomic E-state index is 13.1. The summed E-state index contributed by atoms with van der Waals surface area (Å²) in [5.74, 6) is -0.384. The first kappa shape index (κ1) is 13.0. The average molecular weight is 292 g/mol. The van der Waals surface area contributed by atoms with E-state index in [-0.39, 0.29) is 11.7 Å². The Hall–Kier alpha value is -2.75. The molecule has 0 saturated heterocycles. The summed E-state index contributed by atoms with van der Waals surface area (Å²) in [5, 5.41) is 0.996. The minimum atomic E-state index is -0.312. The van der Waals surface area contributed by atoms with Gasteiger partial charge in [-0.1, -0.05) is 18.2 Å². The van der Waals surface area contributed by atoms with Gasteiger partial charge in [0.05, 0.1) is 23.3 Å². The Kier molecular flexibility index (Phi) is 2.73. The van der Waals surface area contributed by atoms with Crippen molar-refractivity contribution in [1.29, 1.82) is 0 Å². The van der Waals surface area contributed by atoms with E-state index in [1.54, 1.807) is 17.0 Å². The van der Waals surface area contributed by atoms with Gasteiger partial charge >= 0.3 is 0 Å². The minimum Gasteiger partial charge on any atom is -0.302 e. The molecule has 1 aliphatic rings. The quantitative estimate of drug-likeness (QED) is 0.682. The Morgan fingerprint density at radius 1 is 1.09 bits per heavy atom. The summed E-state index contributed by atoms with van der Waals surface area (Å²) in [7, 11) is 0. The van der Waals surface area contributed by atoms with Gasteiger partial charge in [0.15, 0.2) is 0 Å². The third-order valence-electron chi connectivity index (χ3n) is 4.13. The largest absolute Gasteiger partial charge is 0.302 e. The Balaban J connectivity index is 1.86. The smallest absolute Gasteiger partial charge is 0.260 e. The molecule has 0 atom stereocenters. The molecule has 1 amide bonds. The normalized spacial score (nSPS) is 13.7. The van der Waals surface area contributed by atoms with Crippen molar-refractivity contribution in [2.24, 2.45) is 0 Å². The lowest BCUT2D eigenvalue weighted by Crippen LogP contribution is -2.23. The van der Waals surface area contributed by atoms with Gasteiger partial charge in [0.1, 0.15) is 5.82 Å². The number of para-hydroxylation sites is 1. The second-order valence-electron chi connectivity index (χ2n) is 5.44. The number of aromatic nitrogens is 1. The summed E-state index contributed by atoms with van der Waals surface area (Å²) in [6.07, 6.45) is 0. The number of hydrogen-bond donors (Lipinski definition) is 0. The van der Waals surface area contributed by atoms with Crippen molar-refractivity contribution in [2.45, 2.75) is 13.5 Å². The Labute approximate surface area is 127 Å². The second-order valence-corrected chi connectivity index (χ2v) is 5.44. The van der Waals surface area contributed by atoms with Crippen LogP contribution in [0.25, 0.3) is 10.9 Å². The topological polar surface area (TPSA) is 33.2 Å². The first-order chi connectivity index (χ1) is 10.6. The lowest BCUT2D eigenvalue weighted by atomic mass is 10.0. The van der Waals surface area contributed by atoms with E-state index in [1.165, 1.54) is 12.1 Å². The van der Waals surface area contributed by atoms with Crippen LogP contribution in [0.3, 0.4) is 0 Å². The molecule has 0 fully saturated rings. The maximum Gasteiger partial charge on any atom is 0.260 e. The van der Waals surface area contributed by atoms with Gasteiger partial charge in [0.25, 0.3) is 5.91 Å². The van der Waals surface area contributed by atoms with Crippen LogP contribution in [0.15, 0.2) is 48.5 Å². The summed E-state index contributed by atoms with van der Waals surface area (Å²) in [6.45, 7) is 2.38. The van der Waals surface area contributed by atoms with Crippen LogP contribution in [-0.2, 0) is 6.54 Å². The number of halogens is 1. The lowest BCUT2D eigenvalue weighted by molar-refractivity contribution is 0.0996. The number of fused-ring (bicyclic) bond motifs is 2. The maximum absolute atomic E-state index is 13.1. The molecule has 0 saturated carbocycles. The number of benzene rings is 2. The second kappa shape index (κ2) is 4.63. The molecular weight excluding hydrogens is 279 g/mol. The molecule has 0 N–H and O–H groups in total. The van der Waals surface area contributed by atoms with E-state index in [0.29, 0.717) is 17.8 Å². The van der Waals surface area contributed by atoms with Crippen LogP contribution in [0.4, 0.5) is 10.1 Å². The zero-order valence-corrected chi connectivity index (χ0v) is 12.0. The van der Waals surface area contributed by atoms with E-state index in [4.69, 9.17) is 0 Å². The van der Waals surface area contributed by atoms with Crippen molar-refractivity contribution in [3.05, 3.63) is 71.2 Å². The fraction of sp³-hybridized carbons (Fsp3) is 0.111. The molecule has 2 aromatic carbocycles. The first-order valence-electron chi connectivity index (χ1n) is 7.11. The summed E-state index contributed by atoms with van der Waals surface area (Å²) in [4.78, 5) is 19.0. The van der Waals surface area contributed by atoms with Crippen molar-refractivity contribution >= 4 is 22.5 Å². The van der Waals surface area contributed by atoms with E-state index < -0.39 is 0 Å². The van der Waals surface area contributed by atoms with Gasteiger partial charge in [-0.25, -0.2) is 4.39 Å². The molecular formula is C18H13FN2O. The number of carbonyl (C=O) groups is 1. The molecule has 0 spiro atoms. The van der Waals surface area contributed by atoms with Crippen LogP contribution in [0, 0.1) is 12.7 Å². The van der Waals surface area contributed by atoms with E-state index in [1.807, 2.05) is 31.2 Å². The predicted octanol–water partition coefficient (Wildman–Crippen LogP) is 3.84. The van der Waals surface area contributed by atoms with Crippen molar-refractivity contribution in [3.8, 4) is 0 Å². The predicted molar refractivity (Wildman–Crippen MR) is 83.4 cm³/mol. The van der Waals surface area contributed by atoms with Crippen molar-refractivity contribution in [2.75, 3.05) is 4.90 Å². The average Bonchev–Trinajstić information content (AvgIpc) is 2.85. The fourth-order valence-electron chi connectivity index (χ4n) is 3.02. The van der Waals surface area contributed by atoms with Crippen LogP contribution >= 0.6 is 0 Å². The van der Waals surface area contributed by atoms with Crippen LogP contribution in [-0.4, -0.2) is 10.9 Å². The number of amides is 1. The molecule has 108 valence electrons. The molecule has 1 aliphatic heterocycles. The van der Waals surface area contributed by atoms with Gasteiger partial charge in [0, 0.05) is 11.1 Å². The van der Waals surface area contributed by atoms with E-state index >= 15 is 0 Å². The minimum absolute atomic E-state index is 0.0719. The van der Waals surface area contributed by atoms with Gasteiger partial charge < -0.3 is 4.90 Å². The zero-order chi connectivity index (χ0) is 15.3. The molecule has 3 nitrogen and oxygen atoms in total. The van der Waals surface area contributed by atoms with Crippen molar-refractivity contribution < 1.29 is 9.18 Å². The molecule has 22 heavy (non-hydrogen) atoms. The van der Waals surface area contributed by atoms with Crippen LogP contribution in [0.2, 0.25) is 0 Å². The number of aryl methyl sites for hydroxylation is 1. The molecule has 2 heterocycles. The van der Waals surface area contributed by atoms with Gasteiger partial charge in [-0.2, -0.15) is 0 Å². The van der Waals surface area contributed by atoms with E-state index in [0.717, 1.165) is 22.2 Å². The zero-order valence-electron chi connectivity index (χ0n) is 12.0. The molecule has 0 bridgehead atoms. The van der Waals surface area contributed by atoms with Gasteiger partial charge in [-0.05, 0) is 42.8 Å². The molecule has 1 aromatic heterocycles. The highest BCUT2D eigenvalue weighted by atomic mass is 19.1. The van der Waals surface area contributed by atoms with Gasteiger partial charge in [0.2, 0.25) is 0 Å². The molecule has 3 aromatic rings. The van der Waals surface area contributed by atoms with E-state index in [2.05, 4.69) is 4.98 Å². The number of rotatable bonds is 1. The molecule has 0 aliphatic carbocycles. The molecule has 4 rings (SSSR count). The highest BCUT2D eigenvalue weighted by molar-refractivity contribution is 6.12. The fourth-order valence-corrected chi connectivity index (χ4v) is 3.02. The lowest BCUT2D eigenvalue weighted by Gasteiger charge is -2.15. The number of anilines is 1. The highest BCUT2D eigenvalue weighted by Crippen LogP contribution is 2.32. The molecule has 0 radical (unpaired) electrons. The number of pyridine rings is 1. The Morgan fingerprint density at radius 2 is 1.82 bits per heavy atom. The highest BCUT2D eigenvalue weighted by Gasteiger charge is 2.32. The first-order valence-corrected chi connectivity index (χ1v) is 7.11. The number of nitrogens with zero attached hydrogens (tertiary/aromatic N) is 2. The van der Waals surface area contributed by atoms with Gasteiger partial charge in [-0.3, -0.25) is 9.78 Å². The standard InChI is InChI=1S/C18H13FN2O/c1-11-14-4-2-3-5-15(14)20-16-10-21(18(22)17(11)16)13-8-6-12(19)7-9-13/h2-9H,10H2,1H3. The molecule has 0 unspecified atom stereocenters. The third kappa shape index (κ3) is 1.80. The van der Waals surface area contributed by atoms with Crippen molar-refractivity contribution in [3.63, 3.8) is 0 Å². The van der Waals surface area contributed by atoms with Crippen LogP contribution < -0.4 is 4.90 Å². The number of carbonyl (C=O) groups excluding carboxylic acids is 1. The third-order valence-corrected chi connectivity index (χ3v) is 4.13. The summed E-state index contributed by atoms with van der Waals surface area (Å²) in [5.41, 5.74) is 3.99. The van der Waals surface area contributed by atoms with Crippen LogP contribution in [0.1, 0.15) is 21.6 Å². The Bertz CT molecular complexity index is 903.